The van der Waals surface area contributed by atoms with Gasteiger partial charge in [0.05, 0.1) is 24.8 Å². The molecule has 10 nitrogen and oxygen atoms in total. The predicted molar refractivity (Wildman–Crippen MR) is 158 cm³/mol. The lowest BCUT2D eigenvalue weighted by molar-refractivity contribution is -0.132. The molecule has 0 radical (unpaired) electrons. The maximum Gasteiger partial charge on any atom is 0.409 e. The number of nitrogens with one attached hydrogen (secondary N) is 1. The predicted octanol–water partition coefficient (Wildman–Crippen LogP) is 3.93. The van der Waals surface area contributed by atoms with Gasteiger partial charge in [-0.05, 0) is 18.1 Å². The number of hydrogen-bond acceptors (Lipinski definition) is 7. The van der Waals surface area contributed by atoms with Crippen molar-refractivity contribution in [2.45, 2.75) is 19.4 Å². The molecule has 0 atom stereocenters. The van der Waals surface area contributed by atoms with Crippen molar-refractivity contribution in [3.8, 4) is 0 Å². The number of aromatic nitrogens is 1. The van der Waals surface area contributed by atoms with E-state index in [0.29, 0.717) is 56.7 Å². The molecular weight excluding hydrogens is 540 g/mol. The molecule has 2 saturated heterocycles. The monoisotopic (exact) mass is 576 g/mol. The van der Waals surface area contributed by atoms with Crippen LogP contribution in [0.1, 0.15) is 29.8 Å². The van der Waals surface area contributed by atoms with Crippen LogP contribution in [-0.4, -0.2) is 102 Å². The first kappa shape index (κ1) is 28.6. The Morgan fingerprint density at radius 1 is 0.829 bits per heavy atom. The third-order valence-corrected chi connectivity index (χ3v) is 8.26. The molecule has 2 aliphatic rings. The van der Waals surface area contributed by atoms with Gasteiger partial charge in [0.15, 0.2) is 5.13 Å². The van der Waals surface area contributed by atoms with Crippen molar-refractivity contribution < 1.29 is 19.1 Å². The lowest BCUT2D eigenvalue weighted by Crippen LogP contribution is -2.51. The van der Waals surface area contributed by atoms with E-state index < -0.39 is 0 Å². The average molecular weight is 577 g/mol. The summed E-state index contributed by atoms with van der Waals surface area (Å²) in [6, 6.07) is 20.9. The average Bonchev–Trinajstić information content (AvgIpc) is 3.45. The van der Waals surface area contributed by atoms with Gasteiger partial charge in [-0.15, -0.1) is 11.3 Å². The third kappa shape index (κ3) is 7.22. The lowest BCUT2D eigenvalue weighted by Gasteiger charge is -2.39. The zero-order valence-electron chi connectivity index (χ0n) is 23.3. The molecule has 2 aliphatic heterocycles. The second-order valence-corrected chi connectivity index (χ2v) is 10.9. The van der Waals surface area contributed by atoms with E-state index in [9.17, 15) is 14.4 Å². The zero-order chi connectivity index (χ0) is 28.6. The van der Waals surface area contributed by atoms with Crippen LogP contribution in [0, 0.1) is 0 Å². The number of benzene rings is 2. The highest BCUT2D eigenvalue weighted by Gasteiger charge is 2.29. The van der Waals surface area contributed by atoms with Gasteiger partial charge >= 0.3 is 12.1 Å². The first-order valence-electron chi connectivity index (χ1n) is 14.1. The summed E-state index contributed by atoms with van der Waals surface area (Å²) in [6.45, 7) is 6.65. The molecule has 2 fully saturated rings. The molecule has 0 unspecified atom stereocenters. The summed E-state index contributed by atoms with van der Waals surface area (Å²) in [6.07, 6.45) is -0.152. The Kier molecular flexibility index (Phi) is 9.48. The lowest BCUT2D eigenvalue weighted by atomic mass is 9.96. The number of ether oxygens (including phenoxy) is 1. The number of piperazine rings is 2. The molecule has 0 aliphatic carbocycles. The van der Waals surface area contributed by atoms with Gasteiger partial charge in [0, 0.05) is 57.7 Å². The van der Waals surface area contributed by atoms with Crippen LogP contribution in [0.3, 0.4) is 0 Å². The fourth-order valence-electron chi connectivity index (χ4n) is 5.30. The molecule has 41 heavy (non-hydrogen) atoms. The summed E-state index contributed by atoms with van der Waals surface area (Å²) >= 11 is 1.31. The zero-order valence-corrected chi connectivity index (χ0v) is 24.1. The van der Waals surface area contributed by atoms with Crippen molar-refractivity contribution in [1.29, 1.82) is 0 Å². The van der Waals surface area contributed by atoms with Gasteiger partial charge in [-0.1, -0.05) is 60.7 Å². The Balaban J connectivity index is 1.11. The van der Waals surface area contributed by atoms with Gasteiger partial charge in [0.25, 0.3) is 0 Å². The van der Waals surface area contributed by atoms with E-state index in [1.165, 1.54) is 22.5 Å². The Bertz CT molecular complexity index is 1270. The summed E-state index contributed by atoms with van der Waals surface area (Å²) in [4.78, 5) is 49.8. The SMILES string of the molecule is CCOC(=O)N1CCN(C(=O)Nc2nc(CC(=O)N3CCN(C(c4ccccc4)c4ccccc4)CC3)cs2)CC1. The number of hydrogen-bond donors (Lipinski definition) is 1. The van der Waals surface area contributed by atoms with Gasteiger partial charge in [-0.3, -0.25) is 15.0 Å². The molecule has 0 saturated carbocycles. The largest absolute Gasteiger partial charge is 0.450 e. The number of rotatable bonds is 7. The van der Waals surface area contributed by atoms with Crippen LogP contribution in [0.2, 0.25) is 0 Å². The smallest absolute Gasteiger partial charge is 0.409 e. The minimum absolute atomic E-state index is 0.0406. The number of carbonyl (C=O) groups is 3. The minimum Gasteiger partial charge on any atom is -0.450 e. The van der Waals surface area contributed by atoms with Crippen LogP contribution in [0.25, 0.3) is 0 Å². The normalized spacial score (nSPS) is 16.1. The first-order chi connectivity index (χ1) is 20.0. The fourth-order valence-corrected chi connectivity index (χ4v) is 6.00. The van der Waals surface area contributed by atoms with Crippen molar-refractivity contribution in [3.05, 3.63) is 82.9 Å². The van der Waals surface area contributed by atoms with E-state index in [-0.39, 0.29) is 30.5 Å². The van der Waals surface area contributed by atoms with Gasteiger partial charge < -0.3 is 19.4 Å². The summed E-state index contributed by atoms with van der Waals surface area (Å²) in [5, 5.41) is 5.12. The molecule has 216 valence electrons. The van der Waals surface area contributed by atoms with Crippen LogP contribution in [0.4, 0.5) is 14.7 Å². The van der Waals surface area contributed by atoms with Crippen LogP contribution in [0.5, 0.6) is 0 Å². The molecular formula is C30H36N6O4S. The molecule has 0 spiro atoms. The molecule has 3 aromatic rings. The van der Waals surface area contributed by atoms with E-state index in [1.54, 1.807) is 16.7 Å². The van der Waals surface area contributed by atoms with E-state index >= 15 is 0 Å². The van der Waals surface area contributed by atoms with E-state index in [4.69, 9.17) is 4.74 Å². The second kappa shape index (κ2) is 13.6. The number of urea groups is 1. The van der Waals surface area contributed by atoms with E-state index in [2.05, 4.69) is 63.7 Å². The molecule has 1 N–H and O–H groups in total. The Hall–Kier alpha value is -3.96. The summed E-state index contributed by atoms with van der Waals surface area (Å²) < 4.78 is 5.03. The van der Waals surface area contributed by atoms with Crippen LogP contribution in [-0.2, 0) is 16.0 Å². The number of carbonyl (C=O) groups excluding carboxylic acids is 3. The summed E-state index contributed by atoms with van der Waals surface area (Å²) in [5.41, 5.74) is 3.14. The van der Waals surface area contributed by atoms with Crippen LogP contribution >= 0.6 is 11.3 Å². The first-order valence-corrected chi connectivity index (χ1v) is 14.9. The fraction of sp³-hybridized carbons (Fsp3) is 0.400. The van der Waals surface area contributed by atoms with E-state index in [1.807, 2.05) is 22.4 Å². The third-order valence-electron chi connectivity index (χ3n) is 7.45. The van der Waals surface area contributed by atoms with Crippen molar-refractivity contribution in [2.75, 3.05) is 64.3 Å². The highest BCUT2D eigenvalue weighted by molar-refractivity contribution is 7.13. The number of nitrogens with zero attached hydrogens (tertiary/aromatic N) is 5. The maximum atomic E-state index is 13.1. The van der Waals surface area contributed by atoms with Gasteiger partial charge in [0.2, 0.25) is 5.91 Å². The molecule has 1 aromatic heterocycles. The van der Waals surface area contributed by atoms with Crippen molar-refractivity contribution >= 4 is 34.5 Å². The van der Waals surface area contributed by atoms with Gasteiger partial charge in [-0.2, -0.15) is 0 Å². The molecule has 2 aromatic carbocycles. The number of anilines is 1. The number of thiazole rings is 1. The highest BCUT2D eigenvalue weighted by atomic mass is 32.1. The second-order valence-electron chi connectivity index (χ2n) is 10.1. The van der Waals surface area contributed by atoms with Crippen molar-refractivity contribution in [3.63, 3.8) is 0 Å². The Labute approximate surface area is 244 Å². The maximum absolute atomic E-state index is 13.1. The standard InChI is InChI=1S/C30H36N6O4S/c1-2-40-30(39)36-19-17-35(18-20-36)29(38)32-28-31-25(22-41-28)21-26(37)33-13-15-34(16-14-33)27(23-9-5-3-6-10-23)24-11-7-4-8-12-24/h3-12,22,27H,2,13-21H2,1H3,(H,31,32,38). The topological polar surface area (TPSA) is 98.3 Å². The molecule has 11 heteroatoms. The quantitative estimate of drug-likeness (QED) is 0.458. The van der Waals surface area contributed by atoms with Crippen LogP contribution < -0.4 is 5.32 Å². The highest BCUT2D eigenvalue weighted by Crippen LogP contribution is 2.29. The van der Waals surface area contributed by atoms with Gasteiger partial charge in [0.1, 0.15) is 0 Å². The minimum atomic E-state index is -0.351. The Morgan fingerprint density at radius 3 is 1.98 bits per heavy atom. The number of amides is 4. The van der Waals surface area contributed by atoms with Crippen molar-refractivity contribution in [2.24, 2.45) is 0 Å². The van der Waals surface area contributed by atoms with Crippen LogP contribution in [0.15, 0.2) is 66.0 Å². The molecule has 3 heterocycles. The summed E-state index contributed by atoms with van der Waals surface area (Å²) in [7, 11) is 0. The van der Waals surface area contributed by atoms with E-state index in [0.717, 1.165) is 13.1 Å². The van der Waals surface area contributed by atoms with Crippen molar-refractivity contribution in [1.82, 2.24) is 24.6 Å². The molecule has 5 rings (SSSR count). The molecule has 4 amide bonds. The Morgan fingerprint density at radius 2 is 1.39 bits per heavy atom. The summed E-state index contributed by atoms with van der Waals surface area (Å²) in [5.74, 6) is 0.0406. The van der Waals surface area contributed by atoms with Gasteiger partial charge in [-0.25, -0.2) is 14.6 Å². The molecule has 0 bridgehead atoms.